The van der Waals surface area contributed by atoms with Gasteiger partial charge in [0.2, 0.25) is 11.7 Å². The van der Waals surface area contributed by atoms with Gasteiger partial charge < -0.3 is 9.42 Å². The highest BCUT2D eigenvalue weighted by Crippen LogP contribution is 2.16. The first-order valence-corrected chi connectivity index (χ1v) is 7.03. The van der Waals surface area contributed by atoms with Crippen molar-refractivity contribution >= 4 is 0 Å². The van der Waals surface area contributed by atoms with Gasteiger partial charge in [0, 0.05) is 31.2 Å². The van der Waals surface area contributed by atoms with Gasteiger partial charge in [-0.25, -0.2) is 0 Å². The molecule has 1 aromatic heterocycles. The molecule has 1 atom stereocenters. The van der Waals surface area contributed by atoms with E-state index in [9.17, 15) is 0 Å². The Kier molecular flexibility index (Phi) is 3.80. The van der Waals surface area contributed by atoms with E-state index in [0.717, 1.165) is 31.7 Å². The van der Waals surface area contributed by atoms with E-state index in [0.29, 0.717) is 17.8 Å². The molecule has 0 saturated carbocycles. The molecule has 0 N–H and O–H groups in total. The van der Waals surface area contributed by atoms with Crippen LogP contribution in [0.25, 0.3) is 11.4 Å². The quantitative estimate of drug-likeness (QED) is 0.853. The molecule has 2 aromatic rings. The molecule has 5 nitrogen and oxygen atoms in total. The molecule has 0 amide bonds. The molecule has 0 unspecified atom stereocenters. The summed E-state index contributed by atoms with van der Waals surface area (Å²) in [5.74, 6) is 1.36. The lowest BCUT2D eigenvalue weighted by molar-refractivity contribution is 0.0914. The van der Waals surface area contributed by atoms with Crippen LogP contribution in [0.15, 0.2) is 34.9 Å². The van der Waals surface area contributed by atoms with Crippen LogP contribution in [0.4, 0.5) is 0 Å². The Morgan fingerprint density at radius 2 is 2.05 bits per heavy atom. The van der Waals surface area contributed by atoms with E-state index >= 15 is 0 Å². The Bertz CT molecular complexity index is 554. The van der Waals surface area contributed by atoms with Gasteiger partial charge in [0.15, 0.2) is 0 Å². The average Bonchev–Trinajstić information content (AvgIpc) is 2.92. The summed E-state index contributed by atoms with van der Waals surface area (Å²) in [4.78, 5) is 9.23. The van der Waals surface area contributed by atoms with Crippen molar-refractivity contribution in [2.75, 3.05) is 26.7 Å². The minimum absolute atomic E-state index is 0.570. The van der Waals surface area contributed by atoms with Crippen LogP contribution in [-0.2, 0) is 6.54 Å². The van der Waals surface area contributed by atoms with Crippen molar-refractivity contribution in [3.63, 3.8) is 0 Å². The number of rotatable bonds is 3. The maximum Gasteiger partial charge on any atom is 0.241 e. The van der Waals surface area contributed by atoms with Gasteiger partial charge in [0.1, 0.15) is 0 Å². The van der Waals surface area contributed by atoms with Crippen LogP contribution in [0, 0.1) is 0 Å². The van der Waals surface area contributed by atoms with Gasteiger partial charge in [-0.2, -0.15) is 4.98 Å². The largest absolute Gasteiger partial charge is 0.338 e. The van der Waals surface area contributed by atoms with Gasteiger partial charge in [-0.3, -0.25) is 4.90 Å². The highest BCUT2D eigenvalue weighted by molar-refractivity contribution is 5.53. The standard InChI is InChI=1S/C15H20N4O/c1-12-10-19(9-8-18(12)2)11-14-16-15(17-20-14)13-6-4-3-5-7-13/h3-7,12H,8-11H2,1-2H3/t12-/m1/s1. The van der Waals surface area contributed by atoms with E-state index in [1.54, 1.807) is 0 Å². The number of hydrogen-bond acceptors (Lipinski definition) is 5. The smallest absolute Gasteiger partial charge is 0.241 e. The van der Waals surface area contributed by atoms with Crippen LogP contribution in [0.3, 0.4) is 0 Å². The van der Waals surface area contributed by atoms with Crippen molar-refractivity contribution in [3.05, 3.63) is 36.2 Å². The van der Waals surface area contributed by atoms with E-state index in [2.05, 4.69) is 33.9 Å². The molecular weight excluding hydrogens is 252 g/mol. The van der Waals surface area contributed by atoms with Gasteiger partial charge in [-0.05, 0) is 14.0 Å². The molecule has 1 fully saturated rings. The maximum absolute atomic E-state index is 5.37. The Hall–Kier alpha value is -1.72. The molecular formula is C15H20N4O. The summed E-state index contributed by atoms with van der Waals surface area (Å²) in [6, 6.07) is 10.5. The lowest BCUT2D eigenvalue weighted by Gasteiger charge is -2.36. The lowest BCUT2D eigenvalue weighted by Crippen LogP contribution is -2.49. The molecule has 20 heavy (non-hydrogen) atoms. The van der Waals surface area contributed by atoms with Gasteiger partial charge >= 0.3 is 0 Å². The molecule has 1 aliphatic heterocycles. The Morgan fingerprint density at radius 1 is 1.25 bits per heavy atom. The van der Waals surface area contributed by atoms with Gasteiger partial charge in [-0.15, -0.1) is 0 Å². The number of hydrogen-bond donors (Lipinski definition) is 0. The molecule has 1 saturated heterocycles. The van der Waals surface area contributed by atoms with Crippen molar-refractivity contribution in [2.45, 2.75) is 19.5 Å². The average molecular weight is 272 g/mol. The predicted octanol–water partition coefficient (Wildman–Crippen LogP) is 1.87. The van der Waals surface area contributed by atoms with Crippen LogP contribution in [0.1, 0.15) is 12.8 Å². The van der Waals surface area contributed by atoms with Crippen molar-refractivity contribution < 1.29 is 4.52 Å². The Morgan fingerprint density at radius 3 is 2.80 bits per heavy atom. The molecule has 0 aliphatic carbocycles. The van der Waals surface area contributed by atoms with Gasteiger partial charge in [-0.1, -0.05) is 35.5 Å². The minimum atomic E-state index is 0.570. The molecule has 5 heteroatoms. The fourth-order valence-electron chi connectivity index (χ4n) is 2.48. The van der Waals surface area contributed by atoms with E-state index in [4.69, 9.17) is 4.52 Å². The number of nitrogens with zero attached hydrogens (tertiary/aromatic N) is 4. The maximum atomic E-state index is 5.37. The zero-order chi connectivity index (χ0) is 13.9. The third kappa shape index (κ3) is 2.89. The van der Waals surface area contributed by atoms with Crippen molar-refractivity contribution in [3.8, 4) is 11.4 Å². The number of piperazine rings is 1. The molecule has 106 valence electrons. The first-order valence-electron chi connectivity index (χ1n) is 7.03. The highest BCUT2D eigenvalue weighted by atomic mass is 16.5. The van der Waals surface area contributed by atoms with E-state index in [1.165, 1.54) is 0 Å². The number of benzene rings is 1. The van der Waals surface area contributed by atoms with E-state index < -0.39 is 0 Å². The minimum Gasteiger partial charge on any atom is -0.338 e. The van der Waals surface area contributed by atoms with E-state index in [1.807, 2.05) is 30.3 Å². The second-order valence-corrected chi connectivity index (χ2v) is 5.44. The molecule has 3 rings (SSSR count). The van der Waals surface area contributed by atoms with E-state index in [-0.39, 0.29) is 0 Å². The molecule has 0 bridgehead atoms. The Balaban J connectivity index is 1.66. The summed E-state index contributed by atoms with van der Waals surface area (Å²) < 4.78 is 5.37. The molecule has 1 aliphatic rings. The second-order valence-electron chi connectivity index (χ2n) is 5.44. The molecule has 0 spiro atoms. The topological polar surface area (TPSA) is 45.4 Å². The molecule has 2 heterocycles. The monoisotopic (exact) mass is 272 g/mol. The molecule has 1 aromatic carbocycles. The Labute approximate surface area is 119 Å². The number of aromatic nitrogens is 2. The second kappa shape index (κ2) is 5.73. The third-order valence-corrected chi connectivity index (χ3v) is 3.90. The first-order chi connectivity index (χ1) is 9.72. The van der Waals surface area contributed by atoms with Crippen LogP contribution in [0.2, 0.25) is 0 Å². The summed E-state index contributed by atoms with van der Waals surface area (Å²) in [7, 11) is 2.17. The van der Waals surface area contributed by atoms with Crippen LogP contribution >= 0.6 is 0 Å². The van der Waals surface area contributed by atoms with Crippen molar-refractivity contribution in [1.29, 1.82) is 0 Å². The predicted molar refractivity (Wildman–Crippen MR) is 77.1 cm³/mol. The van der Waals surface area contributed by atoms with Crippen LogP contribution in [0.5, 0.6) is 0 Å². The summed E-state index contributed by atoms with van der Waals surface area (Å²) in [6.07, 6.45) is 0. The third-order valence-electron chi connectivity index (χ3n) is 3.90. The fraction of sp³-hybridized carbons (Fsp3) is 0.467. The van der Waals surface area contributed by atoms with Crippen molar-refractivity contribution in [1.82, 2.24) is 19.9 Å². The summed E-state index contributed by atoms with van der Waals surface area (Å²) in [5, 5.41) is 4.06. The highest BCUT2D eigenvalue weighted by Gasteiger charge is 2.22. The van der Waals surface area contributed by atoms with Crippen molar-refractivity contribution in [2.24, 2.45) is 0 Å². The summed E-state index contributed by atoms with van der Waals surface area (Å²) in [6.45, 7) is 6.15. The summed E-state index contributed by atoms with van der Waals surface area (Å²) in [5.41, 5.74) is 0.995. The zero-order valence-corrected chi connectivity index (χ0v) is 12.0. The fourth-order valence-corrected chi connectivity index (χ4v) is 2.48. The SMILES string of the molecule is C[C@@H]1CN(Cc2nc(-c3ccccc3)no2)CCN1C. The zero-order valence-electron chi connectivity index (χ0n) is 12.0. The first kappa shape index (κ1) is 13.3. The van der Waals surface area contributed by atoms with Gasteiger partial charge in [0.05, 0.1) is 6.54 Å². The summed E-state index contributed by atoms with van der Waals surface area (Å²) >= 11 is 0. The van der Waals surface area contributed by atoms with Crippen LogP contribution in [-0.4, -0.2) is 52.7 Å². The van der Waals surface area contributed by atoms with Gasteiger partial charge in [0.25, 0.3) is 0 Å². The normalized spacial score (nSPS) is 21.2. The molecule has 0 radical (unpaired) electrons. The number of likely N-dealkylation sites (N-methyl/N-ethyl adjacent to an activating group) is 1. The van der Waals surface area contributed by atoms with Crippen LogP contribution < -0.4 is 0 Å². The lowest BCUT2D eigenvalue weighted by atomic mass is 10.2.